The van der Waals surface area contributed by atoms with Crippen molar-refractivity contribution in [2.75, 3.05) is 6.61 Å². The first-order valence-corrected chi connectivity index (χ1v) is 10.9. The minimum atomic E-state index is -0.765. The summed E-state index contributed by atoms with van der Waals surface area (Å²) in [5, 5.41) is 0.429. The number of halogens is 1. The number of aryl methyl sites for hydroxylation is 2. The number of rotatable bonds is 2. The van der Waals surface area contributed by atoms with E-state index in [1.165, 1.54) is 17.7 Å². The summed E-state index contributed by atoms with van der Waals surface area (Å²) in [5.41, 5.74) is 2.76. The summed E-state index contributed by atoms with van der Waals surface area (Å²) >= 11 is 0. The molecule has 1 aliphatic heterocycles. The maximum Gasteiger partial charge on any atom is 0.331 e. The number of ether oxygens (including phenoxy) is 1. The first-order chi connectivity index (χ1) is 15.6. The van der Waals surface area contributed by atoms with E-state index in [4.69, 9.17) is 4.74 Å². The average Bonchev–Trinajstić information content (AvgIpc) is 3.15. The lowest BCUT2D eigenvalue weighted by molar-refractivity contribution is -0.00855. The third-order valence-corrected chi connectivity index (χ3v) is 6.58. The van der Waals surface area contributed by atoms with Crippen LogP contribution in [0.4, 0.5) is 4.39 Å². The Morgan fingerprint density at radius 1 is 1.00 bits per heavy atom. The van der Waals surface area contributed by atoms with Gasteiger partial charge in [-0.25, -0.2) is 9.18 Å². The average molecular weight is 448 g/mol. The molecule has 170 valence electrons. The summed E-state index contributed by atoms with van der Waals surface area (Å²) in [5.74, 6) is -0.395. The van der Waals surface area contributed by atoms with Crippen LogP contribution in [0.2, 0.25) is 0 Å². The number of fused-ring (bicyclic) bond motifs is 3. The van der Waals surface area contributed by atoms with E-state index in [0.29, 0.717) is 34.5 Å². The van der Waals surface area contributed by atoms with Crippen LogP contribution in [-0.2, 0) is 24.4 Å². The Labute approximate surface area is 190 Å². The molecular formula is C26H26FN3O3. The fourth-order valence-corrected chi connectivity index (χ4v) is 4.91. The van der Waals surface area contributed by atoms with Crippen LogP contribution in [0, 0.1) is 12.7 Å². The Kier molecular flexibility index (Phi) is 4.72. The Balaban J connectivity index is 2.03. The van der Waals surface area contributed by atoms with Gasteiger partial charge in [-0.1, -0.05) is 48.0 Å². The van der Waals surface area contributed by atoms with Crippen LogP contribution in [0.3, 0.4) is 0 Å². The van der Waals surface area contributed by atoms with Gasteiger partial charge in [-0.2, -0.15) is 0 Å². The maximum absolute atomic E-state index is 14.9. The van der Waals surface area contributed by atoms with Gasteiger partial charge in [0.05, 0.1) is 34.4 Å². The van der Waals surface area contributed by atoms with Gasteiger partial charge in [-0.05, 0) is 32.4 Å². The molecule has 2 aromatic heterocycles. The number of hydrogen-bond donors (Lipinski definition) is 0. The van der Waals surface area contributed by atoms with E-state index >= 15 is 0 Å². The topological polar surface area (TPSA) is 58.2 Å². The third kappa shape index (κ3) is 3.03. The van der Waals surface area contributed by atoms with E-state index in [9.17, 15) is 14.0 Å². The fraction of sp³-hybridized carbons (Fsp3) is 0.308. The number of benzene rings is 2. The van der Waals surface area contributed by atoms with Crippen molar-refractivity contribution in [3.63, 3.8) is 0 Å². The maximum atomic E-state index is 14.9. The van der Waals surface area contributed by atoms with E-state index in [1.807, 2.05) is 45.0 Å². The molecule has 0 amide bonds. The van der Waals surface area contributed by atoms with Gasteiger partial charge >= 0.3 is 5.69 Å². The molecule has 1 aliphatic rings. The smallest absolute Gasteiger partial charge is 0.331 e. The number of hydrogen-bond acceptors (Lipinski definition) is 3. The second-order valence-electron chi connectivity index (χ2n) is 9.39. The summed E-state index contributed by atoms with van der Waals surface area (Å²) in [7, 11) is 3.12. The molecule has 0 saturated carbocycles. The molecule has 0 spiro atoms. The van der Waals surface area contributed by atoms with Crippen molar-refractivity contribution in [3.05, 3.63) is 92.0 Å². The zero-order valence-electron chi connectivity index (χ0n) is 19.3. The molecule has 0 bridgehead atoms. The fourth-order valence-electron chi connectivity index (χ4n) is 4.91. The number of aromatic nitrogens is 3. The standard InChI is InChI=1S/C26H26FN3O3/c1-15-10-12-16(13-11-15)20-19-21(28(4)25(32)29(5)24(19)31)22-23(17-8-6-7-9-18(17)27)33-14-26(2,3)30(20)22/h6-13,23H,14H2,1-5H3/t23-/m1/s1. The molecule has 2 aromatic carbocycles. The molecule has 3 heterocycles. The molecule has 6 nitrogen and oxygen atoms in total. The summed E-state index contributed by atoms with van der Waals surface area (Å²) < 4.78 is 25.8. The van der Waals surface area contributed by atoms with Gasteiger partial charge in [-0.3, -0.25) is 13.9 Å². The normalized spacial score (nSPS) is 17.3. The molecule has 0 radical (unpaired) electrons. The van der Waals surface area contributed by atoms with Gasteiger partial charge in [0.2, 0.25) is 0 Å². The lowest BCUT2D eigenvalue weighted by Crippen LogP contribution is -2.40. The predicted molar refractivity (Wildman–Crippen MR) is 126 cm³/mol. The SMILES string of the molecule is Cc1ccc(-c2c3c(=O)n(C)c(=O)n(C)c3c3n2C(C)(C)CO[C@@H]3c2ccccc2F)cc1. The highest BCUT2D eigenvalue weighted by Crippen LogP contribution is 2.45. The summed E-state index contributed by atoms with van der Waals surface area (Å²) in [6.45, 7) is 6.36. The van der Waals surface area contributed by atoms with Gasteiger partial charge in [0.25, 0.3) is 5.56 Å². The van der Waals surface area contributed by atoms with Crippen LogP contribution in [0.1, 0.15) is 36.8 Å². The molecule has 0 fully saturated rings. The first kappa shape index (κ1) is 21.4. The van der Waals surface area contributed by atoms with E-state index in [-0.39, 0.29) is 5.56 Å². The van der Waals surface area contributed by atoms with Crippen LogP contribution in [0.25, 0.3) is 22.2 Å². The Bertz CT molecular complexity index is 1520. The van der Waals surface area contributed by atoms with Crippen LogP contribution in [-0.4, -0.2) is 20.3 Å². The van der Waals surface area contributed by atoms with Crippen LogP contribution in [0.15, 0.2) is 58.1 Å². The second kappa shape index (κ2) is 7.28. The molecule has 0 N–H and O–H groups in total. The van der Waals surface area contributed by atoms with Gasteiger partial charge in [0.15, 0.2) is 0 Å². The second-order valence-corrected chi connectivity index (χ2v) is 9.39. The van der Waals surface area contributed by atoms with Crippen LogP contribution < -0.4 is 11.2 Å². The summed E-state index contributed by atoms with van der Waals surface area (Å²) in [4.78, 5) is 26.5. The van der Waals surface area contributed by atoms with Crippen LogP contribution >= 0.6 is 0 Å². The van der Waals surface area contributed by atoms with Gasteiger partial charge in [0.1, 0.15) is 11.9 Å². The highest BCUT2D eigenvalue weighted by Gasteiger charge is 2.41. The van der Waals surface area contributed by atoms with Gasteiger partial charge < -0.3 is 9.30 Å². The molecule has 1 atom stereocenters. The summed E-state index contributed by atoms with van der Waals surface area (Å²) in [6.07, 6.45) is -0.765. The van der Waals surface area contributed by atoms with Crippen molar-refractivity contribution < 1.29 is 9.13 Å². The molecule has 7 heteroatoms. The Morgan fingerprint density at radius 3 is 2.33 bits per heavy atom. The zero-order valence-corrected chi connectivity index (χ0v) is 19.3. The van der Waals surface area contributed by atoms with Crippen molar-refractivity contribution in [2.24, 2.45) is 14.1 Å². The summed E-state index contributed by atoms with van der Waals surface area (Å²) in [6, 6.07) is 14.4. The Hall–Kier alpha value is -3.45. The monoisotopic (exact) mass is 447 g/mol. The Morgan fingerprint density at radius 2 is 1.67 bits per heavy atom. The van der Waals surface area contributed by atoms with Crippen molar-refractivity contribution >= 4 is 10.9 Å². The van der Waals surface area contributed by atoms with E-state index in [0.717, 1.165) is 15.7 Å². The van der Waals surface area contributed by atoms with Crippen molar-refractivity contribution in [1.29, 1.82) is 0 Å². The molecular weight excluding hydrogens is 421 g/mol. The first-order valence-electron chi connectivity index (χ1n) is 10.9. The lowest BCUT2D eigenvalue weighted by atomic mass is 9.97. The number of nitrogens with zero attached hydrogens (tertiary/aromatic N) is 3. The third-order valence-electron chi connectivity index (χ3n) is 6.58. The molecule has 33 heavy (non-hydrogen) atoms. The highest BCUT2D eigenvalue weighted by molar-refractivity contribution is 5.96. The minimum Gasteiger partial charge on any atom is -0.365 e. The highest BCUT2D eigenvalue weighted by atomic mass is 19.1. The van der Waals surface area contributed by atoms with Gasteiger partial charge in [-0.15, -0.1) is 0 Å². The van der Waals surface area contributed by atoms with Crippen LogP contribution in [0.5, 0.6) is 0 Å². The molecule has 4 aromatic rings. The molecule has 0 aliphatic carbocycles. The molecule has 0 saturated heterocycles. The minimum absolute atomic E-state index is 0.313. The lowest BCUT2D eigenvalue weighted by Gasteiger charge is -2.39. The molecule has 5 rings (SSSR count). The zero-order chi connectivity index (χ0) is 23.7. The van der Waals surface area contributed by atoms with Gasteiger partial charge in [0, 0.05) is 19.7 Å². The van der Waals surface area contributed by atoms with Crippen molar-refractivity contribution in [2.45, 2.75) is 32.4 Å². The largest absolute Gasteiger partial charge is 0.365 e. The van der Waals surface area contributed by atoms with E-state index in [1.54, 1.807) is 25.2 Å². The quantitative estimate of drug-likeness (QED) is 0.467. The van der Waals surface area contributed by atoms with Crippen molar-refractivity contribution in [1.82, 2.24) is 13.7 Å². The predicted octanol–water partition coefficient (Wildman–Crippen LogP) is 4.01. The van der Waals surface area contributed by atoms with Crippen molar-refractivity contribution in [3.8, 4) is 11.3 Å². The van der Waals surface area contributed by atoms with E-state index < -0.39 is 23.1 Å². The molecule has 0 unspecified atom stereocenters. The van der Waals surface area contributed by atoms with E-state index in [2.05, 4.69) is 4.57 Å².